The first-order valence-corrected chi connectivity index (χ1v) is 12.8. The number of aryl methyl sites for hydroxylation is 1. The third-order valence-electron chi connectivity index (χ3n) is 6.14. The molecule has 8 heteroatoms. The summed E-state index contributed by atoms with van der Waals surface area (Å²) < 4.78 is 3.73. The number of aromatic nitrogens is 4. The van der Waals surface area contributed by atoms with E-state index < -0.39 is 0 Å². The summed E-state index contributed by atoms with van der Waals surface area (Å²) in [6.07, 6.45) is 4.76. The van der Waals surface area contributed by atoms with E-state index in [-0.39, 0.29) is 18.4 Å². The Morgan fingerprint density at radius 2 is 1.61 bits per heavy atom. The fourth-order valence-electron chi connectivity index (χ4n) is 4.41. The molecule has 3 aromatic carbocycles. The fraction of sp³-hybridized carbons (Fsp3) is 0.200. The molecule has 0 fully saturated rings. The minimum atomic E-state index is -0.286. The number of ketones is 1. The van der Waals surface area contributed by atoms with Gasteiger partial charge in [0, 0.05) is 22.3 Å². The van der Waals surface area contributed by atoms with Crippen LogP contribution in [0, 0.1) is 6.92 Å². The Bertz CT molecular complexity index is 1520. The van der Waals surface area contributed by atoms with Gasteiger partial charge in [0.1, 0.15) is 12.7 Å². The first-order valence-electron chi connectivity index (χ1n) is 12.5. The van der Waals surface area contributed by atoms with Crippen molar-refractivity contribution in [2.45, 2.75) is 40.3 Å². The van der Waals surface area contributed by atoms with Crippen LogP contribution in [-0.2, 0) is 13.1 Å². The Morgan fingerprint density at radius 1 is 0.947 bits per heavy atom. The summed E-state index contributed by atoms with van der Waals surface area (Å²) in [5.41, 5.74) is 4.83. The number of halogens is 1. The van der Waals surface area contributed by atoms with Crippen molar-refractivity contribution in [2.24, 2.45) is 0 Å². The molecule has 5 rings (SSSR count). The summed E-state index contributed by atoms with van der Waals surface area (Å²) in [6, 6.07) is 23.2. The predicted molar refractivity (Wildman–Crippen MR) is 151 cm³/mol. The van der Waals surface area contributed by atoms with Crippen LogP contribution in [0.15, 0.2) is 85.5 Å². The molecule has 0 unspecified atom stereocenters. The van der Waals surface area contributed by atoms with Gasteiger partial charge in [0.25, 0.3) is 5.91 Å². The number of carbonyl (C=O) groups excluding carboxylic acids is 2. The molecule has 0 atom stereocenters. The normalized spacial score (nSPS) is 10.6. The van der Waals surface area contributed by atoms with E-state index in [1.807, 2.05) is 66.1 Å². The molecule has 0 radical (unpaired) electrons. The molecule has 5 aromatic rings. The first-order chi connectivity index (χ1) is 18.4. The van der Waals surface area contributed by atoms with Crippen molar-refractivity contribution >= 4 is 34.2 Å². The van der Waals surface area contributed by atoms with Crippen LogP contribution in [0.25, 0.3) is 16.6 Å². The van der Waals surface area contributed by atoms with Gasteiger partial charge in [-0.25, -0.2) is 0 Å². The highest BCUT2D eigenvalue weighted by molar-refractivity contribution is 6.34. The smallest absolute Gasteiger partial charge is 0.254 e. The summed E-state index contributed by atoms with van der Waals surface area (Å²) >= 11 is 6.40. The Hall–Kier alpha value is -4.23. The third-order valence-corrected chi connectivity index (χ3v) is 6.46. The monoisotopic (exact) mass is 527 g/mol. The molecule has 1 N–H and O–H groups in total. The number of rotatable bonds is 7. The number of amides is 1. The van der Waals surface area contributed by atoms with Crippen LogP contribution < -0.4 is 5.32 Å². The molecule has 0 bridgehead atoms. The van der Waals surface area contributed by atoms with Gasteiger partial charge >= 0.3 is 0 Å². The van der Waals surface area contributed by atoms with Gasteiger partial charge in [-0.1, -0.05) is 73.0 Å². The number of nitrogens with one attached hydrogen (secondary N) is 1. The quantitative estimate of drug-likeness (QED) is 0.248. The summed E-state index contributed by atoms with van der Waals surface area (Å²) in [5.74, 6) is -0.257. The molecular weight excluding hydrogens is 498 g/mol. The molecule has 7 nitrogen and oxygen atoms in total. The van der Waals surface area contributed by atoms with Crippen molar-refractivity contribution in [3.8, 4) is 5.69 Å². The van der Waals surface area contributed by atoms with E-state index in [9.17, 15) is 9.59 Å². The minimum absolute atomic E-state index is 0.0294. The zero-order valence-corrected chi connectivity index (χ0v) is 22.4. The Kier molecular flexibility index (Phi) is 8.71. The maximum absolute atomic E-state index is 12.9. The first kappa shape index (κ1) is 26.8. The van der Waals surface area contributed by atoms with Crippen LogP contribution in [0.1, 0.15) is 52.2 Å². The van der Waals surface area contributed by atoms with Crippen LogP contribution in [0.3, 0.4) is 0 Å². The van der Waals surface area contributed by atoms with E-state index in [1.54, 1.807) is 42.3 Å². The zero-order chi connectivity index (χ0) is 27.1. The molecule has 1 amide bonds. The number of Topliss-reactive ketones (excluding diaryl/α,β-unsaturated/α-hetero) is 1. The van der Waals surface area contributed by atoms with Gasteiger partial charge in [-0.2, -0.15) is 0 Å². The Morgan fingerprint density at radius 3 is 2.18 bits per heavy atom. The van der Waals surface area contributed by atoms with Crippen molar-refractivity contribution in [3.63, 3.8) is 0 Å². The highest BCUT2D eigenvalue weighted by atomic mass is 35.5. The molecule has 2 aromatic heterocycles. The second-order valence-electron chi connectivity index (χ2n) is 8.93. The lowest BCUT2D eigenvalue weighted by Gasteiger charge is -2.14. The summed E-state index contributed by atoms with van der Waals surface area (Å²) in [4.78, 5) is 25.4. The number of hydrogen-bond donors (Lipinski definition) is 1. The van der Waals surface area contributed by atoms with E-state index in [1.165, 1.54) is 0 Å². The lowest BCUT2D eigenvalue weighted by Crippen LogP contribution is -2.27. The maximum atomic E-state index is 12.9. The average Bonchev–Trinajstić information content (AvgIpc) is 3.55. The second kappa shape index (κ2) is 12.3. The van der Waals surface area contributed by atoms with Crippen molar-refractivity contribution < 1.29 is 9.59 Å². The van der Waals surface area contributed by atoms with Crippen molar-refractivity contribution in [1.82, 2.24) is 24.6 Å². The van der Waals surface area contributed by atoms with Gasteiger partial charge in [-0.05, 0) is 50.6 Å². The second-order valence-corrected chi connectivity index (χ2v) is 9.34. The molecule has 38 heavy (non-hydrogen) atoms. The number of carbonyl (C=O) groups is 2. The molecule has 2 heterocycles. The SMILES string of the molecule is CCCc1c(C(C)=O)c2cc(C)ccc2n1CNC(=O)c1ccc(-n2cnnc2)cc1Cl.c1ccccc1. The largest absolute Gasteiger partial charge is 0.334 e. The topological polar surface area (TPSA) is 81.8 Å². The minimum Gasteiger partial charge on any atom is -0.334 e. The molecule has 0 aliphatic carbocycles. The standard InChI is InChI=1S/C24H24ClN5O2.C6H6/c1-4-5-22-23(16(3)31)19-10-15(2)6-9-21(19)30(22)12-26-24(32)18-8-7-17(11-20(18)25)29-13-27-28-14-29;1-2-4-6-5-3-1/h6-11,13-14H,4-5,12H2,1-3H3,(H,26,32);1-6H. The van der Waals surface area contributed by atoms with Gasteiger partial charge in [0.15, 0.2) is 5.78 Å². The molecular formula is C30H30ClN5O2. The lowest BCUT2D eigenvalue weighted by atomic mass is 10.0. The van der Waals surface area contributed by atoms with Crippen molar-refractivity contribution in [3.05, 3.63) is 113 Å². The number of benzene rings is 3. The van der Waals surface area contributed by atoms with Crippen LogP contribution in [0.2, 0.25) is 5.02 Å². The van der Waals surface area contributed by atoms with Gasteiger partial charge in [-0.15, -0.1) is 10.2 Å². The zero-order valence-electron chi connectivity index (χ0n) is 21.7. The van der Waals surface area contributed by atoms with E-state index in [0.717, 1.165) is 46.3 Å². The van der Waals surface area contributed by atoms with Gasteiger partial charge < -0.3 is 9.88 Å². The molecule has 0 aliphatic rings. The molecule has 0 saturated heterocycles. The van der Waals surface area contributed by atoms with Crippen LogP contribution in [0.4, 0.5) is 0 Å². The van der Waals surface area contributed by atoms with E-state index in [0.29, 0.717) is 10.6 Å². The summed E-state index contributed by atoms with van der Waals surface area (Å²) in [6.45, 7) is 5.92. The van der Waals surface area contributed by atoms with Crippen LogP contribution >= 0.6 is 11.6 Å². The average molecular weight is 528 g/mol. The summed E-state index contributed by atoms with van der Waals surface area (Å²) in [7, 11) is 0. The number of fused-ring (bicyclic) bond motifs is 1. The number of hydrogen-bond acceptors (Lipinski definition) is 4. The molecule has 0 saturated carbocycles. The van der Waals surface area contributed by atoms with Gasteiger partial charge in [0.05, 0.1) is 22.8 Å². The molecule has 0 aliphatic heterocycles. The molecule has 0 spiro atoms. The predicted octanol–water partition coefficient (Wildman–Crippen LogP) is 6.41. The van der Waals surface area contributed by atoms with Gasteiger partial charge in [-0.3, -0.25) is 14.2 Å². The number of nitrogens with zero attached hydrogens (tertiary/aromatic N) is 4. The van der Waals surface area contributed by atoms with E-state index in [4.69, 9.17) is 11.6 Å². The van der Waals surface area contributed by atoms with E-state index in [2.05, 4.69) is 22.4 Å². The summed E-state index contributed by atoms with van der Waals surface area (Å²) in [5, 5.41) is 11.8. The maximum Gasteiger partial charge on any atom is 0.254 e. The van der Waals surface area contributed by atoms with Crippen molar-refractivity contribution in [1.29, 1.82) is 0 Å². The van der Waals surface area contributed by atoms with E-state index >= 15 is 0 Å². The van der Waals surface area contributed by atoms with Gasteiger partial charge in [0.2, 0.25) is 0 Å². The Balaban J connectivity index is 0.000000494. The fourth-order valence-corrected chi connectivity index (χ4v) is 4.67. The van der Waals surface area contributed by atoms with Crippen molar-refractivity contribution in [2.75, 3.05) is 0 Å². The third kappa shape index (κ3) is 6.01. The Labute approximate surface area is 227 Å². The molecule has 194 valence electrons. The highest BCUT2D eigenvalue weighted by Gasteiger charge is 2.20. The van der Waals surface area contributed by atoms with Crippen LogP contribution in [-0.4, -0.2) is 31.0 Å². The van der Waals surface area contributed by atoms with Crippen LogP contribution in [0.5, 0.6) is 0 Å². The highest BCUT2D eigenvalue weighted by Crippen LogP contribution is 2.29. The lowest BCUT2D eigenvalue weighted by molar-refractivity contribution is 0.0942.